The van der Waals surface area contributed by atoms with E-state index in [4.69, 9.17) is 9.47 Å². The van der Waals surface area contributed by atoms with Crippen molar-refractivity contribution in [3.05, 3.63) is 29.8 Å². The quantitative estimate of drug-likeness (QED) is 0.537. The molecule has 7 nitrogen and oxygen atoms in total. The molecule has 1 aromatic carbocycles. The minimum absolute atomic E-state index is 0.155. The second kappa shape index (κ2) is 10.1. The molecule has 1 aromatic rings. The molecule has 0 saturated carbocycles. The van der Waals surface area contributed by atoms with Gasteiger partial charge < -0.3 is 24.2 Å². The van der Waals surface area contributed by atoms with Crippen LogP contribution in [0.3, 0.4) is 0 Å². The van der Waals surface area contributed by atoms with Crippen molar-refractivity contribution in [1.29, 1.82) is 0 Å². The lowest BCUT2D eigenvalue weighted by molar-refractivity contribution is -1.02. The summed E-state index contributed by atoms with van der Waals surface area (Å²) < 4.78 is 10.0. The number of thioether (sulfide) groups is 1. The molecule has 0 spiro atoms. The third kappa shape index (κ3) is 5.62. The predicted molar refractivity (Wildman–Crippen MR) is 108 cm³/mol. The van der Waals surface area contributed by atoms with Crippen LogP contribution in [0, 0.1) is 0 Å². The van der Waals surface area contributed by atoms with Crippen LogP contribution in [0.2, 0.25) is 0 Å². The number of ether oxygens (including phenoxy) is 2. The topological polar surface area (TPSA) is 64.7 Å². The predicted octanol–water partition coefficient (Wildman–Crippen LogP) is -1.90. The van der Waals surface area contributed by atoms with E-state index in [0.29, 0.717) is 13.1 Å². The van der Waals surface area contributed by atoms with E-state index in [0.717, 1.165) is 50.8 Å². The number of piperazine rings is 1. The molecule has 2 N–H and O–H groups in total. The molecule has 0 bridgehead atoms. The van der Waals surface area contributed by atoms with E-state index in [2.05, 4.69) is 12.1 Å². The van der Waals surface area contributed by atoms with Crippen molar-refractivity contribution in [3.8, 4) is 5.75 Å². The van der Waals surface area contributed by atoms with Crippen LogP contribution in [0.15, 0.2) is 24.3 Å². The van der Waals surface area contributed by atoms with Crippen LogP contribution in [0.4, 0.5) is 0 Å². The molecule has 2 fully saturated rings. The Labute approximate surface area is 170 Å². The maximum Gasteiger partial charge on any atom is 0.320 e. The fourth-order valence-corrected chi connectivity index (χ4v) is 4.95. The standard InChI is InChI=1S/C20H29N3O4S/c1-26-17-5-3-16(4-6-17)13-21-7-9-22(10-8-21)15-19(24)23-11-12-28-18(14-23)20(25)27-2/h3-6,18H,7-15H2,1-2H3/p+2/t18-/m0/s1. The zero-order valence-electron chi connectivity index (χ0n) is 16.7. The van der Waals surface area contributed by atoms with Crippen molar-refractivity contribution in [3.63, 3.8) is 0 Å². The largest absolute Gasteiger partial charge is 0.497 e. The number of amides is 1. The van der Waals surface area contributed by atoms with Gasteiger partial charge in [-0.15, -0.1) is 11.8 Å². The van der Waals surface area contributed by atoms with E-state index in [-0.39, 0.29) is 17.1 Å². The number of rotatable bonds is 6. The Bertz CT molecular complexity index is 662. The van der Waals surface area contributed by atoms with Crippen molar-refractivity contribution >= 4 is 23.6 Å². The summed E-state index contributed by atoms with van der Waals surface area (Å²) in [5, 5.41) is -0.247. The Morgan fingerprint density at radius 3 is 2.43 bits per heavy atom. The van der Waals surface area contributed by atoms with Gasteiger partial charge in [0.1, 0.15) is 43.7 Å². The average molecular weight is 410 g/mol. The summed E-state index contributed by atoms with van der Waals surface area (Å²) in [5.41, 5.74) is 1.31. The Kier molecular flexibility index (Phi) is 7.58. The van der Waals surface area contributed by atoms with Gasteiger partial charge in [0.25, 0.3) is 5.91 Å². The van der Waals surface area contributed by atoms with E-state index in [1.165, 1.54) is 17.6 Å². The van der Waals surface area contributed by atoms with Crippen LogP contribution in [0.1, 0.15) is 5.56 Å². The summed E-state index contributed by atoms with van der Waals surface area (Å²) in [5.74, 6) is 1.60. The van der Waals surface area contributed by atoms with Gasteiger partial charge >= 0.3 is 5.97 Å². The highest BCUT2D eigenvalue weighted by molar-refractivity contribution is 8.00. The first-order chi connectivity index (χ1) is 13.6. The van der Waals surface area contributed by atoms with E-state index in [1.807, 2.05) is 17.0 Å². The van der Waals surface area contributed by atoms with Crippen molar-refractivity contribution in [2.24, 2.45) is 0 Å². The fraction of sp³-hybridized carbons (Fsp3) is 0.600. The molecule has 1 amide bonds. The van der Waals surface area contributed by atoms with Crippen molar-refractivity contribution < 1.29 is 28.9 Å². The van der Waals surface area contributed by atoms with Gasteiger partial charge in [-0.2, -0.15) is 0 Å². The highest BCUT2D eigenvalue weighted by atomic mass is 32.2. The van der Waals surface area contributed by atoms with E-state index in [9.17, 15) is 9.59 Å². The van der Waals surface area contributed by atoms with Gasteiger partial charge in [0, 0.05) is 24.4 Å². The van der Waals surface area contributed by atoms with Gasteiger partial charge in [-0.25, -0.2) is 0 Å². The summed E-state index contributed by atoms with van der Waals surface area (Å²) in [6, 6.07) is 8.27. The van der Waals surface area contributed by atoms with Gasteiger partial charge in [-0.05, 0) is 24.3 Å². The smallest absolute Gasteiger partial charge is 0.320 e. The zero-order chi connectivity index (χ0) is 19.9. The normalized spacial score (nSPS) is 25.2. The second-order valence-corrected chi connectivity index (χ2v) is 8.73. The van der Waals surface area contributed by atoms with Gasteiger partial charge in [0.05, 0.1) is 14.2 Å². The SMILES string of the molecule is COC(=O)[C@@H]1CN(C(=O)C[NH+]2CC[NH+](Cc3ccc(OC)cc3)CC2)CCS1. The Balaban J connectivity index is 1.42. The summed E-state index contributed by atoms with van der Waals surface area (Å²) >= 11 is 1.58. The number of carbonyl (C=O) groups excluding carboxylic acids is 2. The zero-order valence-corrected chi connectivity index (χ0v) is 17.6. The molecule has 3 rings (SSSR count). The molecule has 0 unspecified atom stereocenters. The minimum Gasteiger partial charge on any atom is -0.497 e. The molecular formula is C20H31N3O4S+2. The lowest BCUT2D eigenvalue weighted by Gasteiger charge is -2.33. The number of nitrogens with one attached hydrogen (secondary N) is 2. The van der Waals surface area contributed by atoms with Gasteiger partial charge in [0.2, 0.25) is 0 Å². The number of esters is 1. The highest BCUT2D eigenvalue weighted by Gasteiger charge is 2.32. The summed E-state index contributed by atoms with van der Waals surface area (Å²) in [7, 11) is 3.09. The number of nitrogens with zero attached hydrogens (tertiary/aromatic N) is 1. The van der Waals surface area contributed by atoms with E-state index in [1.54, 1.807) is 23.8 Å². The van der Waals surface area contributed by atoms with Gasteiger partial charge in [0.15, 0.2) is 6.54 Å². The summed E-state index contributed by atoms with van der Waals surface area (Å²) in [6.07, 6.45) is 0. The molecule has 2 aliphatic heterocycles. The van der Waals surface area contributed by atoms with Crippen molar-refractivity contribution in [1.82, 2.24) is 4.90 Å². The van der Waals surface area contributed by atoms with Crippen LogP contribution in [0.25, 0.3) is 0 Å². The molecule has 154 valence electrons. The first kappa shape index (κ1) is 21.0. The van der Waals surface area contributed by atoms with Crippen LogP contribution in [-0.4, -0.2) is 87.8 Å². The molecule has 0 aromatic heterocycles. The molecule has 2 heterocycles. The molecule has 1 atom stereocenters. The lowest BCUT2D eigenvalue weighted by Crippen LogP contribution is -3.28. The fourth-order valence-electron chi connectivity index (χ4n) is 3.82. The van der Waals surface area contributed by atoms with Crippen molar-refractivity contribution in [2.75, 3.05) is 65.8 Å². The first-order valence-electron chi connectivity index (χ1n) is 9.86. The molecule has 0 aliphatic carbocycles. The molecule has 2 saturated heterocycles. The Morgan fingerprint density at radius 2 is 1.79 bits per heavy atom. The molecule has 8 heteroatoms. The van der Waals surface area contributed by atoms with Crippen molar-refractivity contribution in [2.45, 2.75) is 11.8 Å². The molecule has 2 aliphatic rings. The summed E-state index contributed by atoms with van der Waals surface area (Å²) in [6.45, 7) is 6.85. The summed E-state index contributed by atoms with van der Waals surface area (Å²) in [4.78, 5) is 29.2. The third-order valence-electron chi connectivity index (χ3n) is 5.56. The molecular weight excluding hydrogens is 378 g/mol. The minimum atomic E-state index is -0.247. The van der Waals surface area contributed by atoms with Crippen LogP contribution < -0.4 is 14.5 Å². The second-order valence-electron chi connectivity index (χ2n) is 7.42. The monoisotopic (exact) mass is 409 g/mol. The Morgan fingerprint density at radius 1 is 1.11 bits per heavy atom. The maximum absolute atomic E-state index is 12.7. The molecule has 28 heavy (non-hydrogen) atoms. The van der Waals surface area contributed by atoms with Gasteiger partial charge in [-0.1, -0.05) is 0 Å². The van der Waals surface area contributed by atoms with E-state index >= 15 is 0 Å². The lowest BCUT2D eigenvalue weighted by atomic mass is 10.2. The third-order valence-corrected chi connectivity index (χ3v) is 6.72. The van der Waals surface area contributed by atoms with E-state index < -0.39 is 0 Å². The Hall–Kier alpha value is -1.77. The first-order valence-corrected chi connectivity index (χ1v) is 10.9. The van der Waals surface area contributed by atoms with Crippen LogP contribution in [-0.2, 0) is 20.9 Å². The highest BCUT2D eigenvalue weighted by Crippen LogP contribution is 2.19. The van der Waals surface area contributed by atoms with Gasteiger partial charge in [-0.3, -0.25) is 9.59 Å². The number of benzene rings is 1. The van der Waals surface area contributed by atoms with Crippen LogP contribution >= 0.6 is 11.8 Å². The number of hydrogen-bond donors (Lipinski definition) is 2. The van der Waals surface area contributed by atoms with Crippen LogP contribution in [0.5, 0.6) is 5.75 Å². The number of carbonyl (C=O) groups is 2. The average Bonchev–Trinajstić information content (AvgIpc) is 2.75. The maximum atomic E-state index is 12.7. The number of hydrogen-bond acceptors (Lipinski definition) is 5. The molecule has 0 radical (unpaired) electrons. The number of quaternary nitrogens is 2. The number of methoxy groups -OCH3 is 2.